The van der Waals surface area contributed by atoms with Crippen LogP contribution < -0.4 is 15.6 Å². The Labute approximate surface area is 189 Å². The van der Waals surface area contributed by atoms with Crippen molar-refractivity contribution < 1.29 is 23.8 Å². The van der Waals surface area contributed by atoms with Crippen molar-refractivity contribution in [1.82, 2.24) is 9.55 Å². The van der Waals surface area contributed by atoms with Gasteiger partial charge in [-0.2, -0.15) is 0 Å². The number of fused-ring (bicyclic) bond motifs is 5. The highest BCUT2D eigenvalue weighted by molar-refractivity contribution is 5.98. The second-order valence-corrected chi connectivity index (χ2v) is 8.72. The maximum atomic E-state index is 14.5. The molecule has 0 bridgehead atoms. The van der Waals surface area contributed by atoms with Gasteiger partial charge in [-0.05, 0) is 32.4 Å². The van der Waals surface area contributed by atoms with Crippen LogP contribution in [-0.2, 0) is 28.3 Å². The molecular formula is C24H24FN3O5. The second-order valence-electron chi connectivity index (χ2n) is 8.72. The number of hydrogen-bond donors (Lipinski definition) is 2. The largest absolute Gasteiger partial charge is 0.494 e. The molecule has 8 nitrogen and oxygen atoms in total. The average molecular weight is 453 g/mol. The highest BCUT2D eigenvalue weighted by Crippen LogP contribution is 2.43. The molecule has 0 amide bonds. The maximum Gasteiger partial charge on any atom is 0.343 e. The standard InChI is InChI=1S/C24H24FN3O5/c1-5-24(31)15-7-18-21-13(9-28(18)22(29)14(15)10-33-23(24)30)20(26-11(2)3)12-6-19(32-4)16(25)8-17(12)27-21/h6-8,11,31H,5,9-10H2,1-4H3,(H,26,27)/t24-/m0/s1. The number of esters is 1. The lowest BCUT2D eigenvalue weighted by Crippen LogP contribution is -2.44. The van der Waals surface area contributed by atoms with Crippen molar-refractivity contribution >= 4 is 22.6 Å². The molecule has 0 saturated heterocycles. The lowest BCUT2D eigenvalue weighted by atomic mass is 9.86. The van der Waals surface area contributed by atoms with Gasteiger partial charge in [-0.1, -0.05) is 6.92 Å². The van der Waals surface area contributed by atoms with Gasteiger partial charge in [0.2, 0.25) is 0 Å². The first-order valence-corrected chi connectivity index (χ1v) is 10.8. The van der Waals surface area contributed by atoms with E-state index in [9.17, 15) is 19.1 Å². The minimum absolute atomic E-state index is 0.0561. The molecule has 2 aromatic heterocycles. The van der Waals surface area contributed by atoms with Crippen molar-refractivity contribution in [2.24, 2.45) is 0 Å². The van der Waals surface area contributed by atoms with Crippen LogP contribution in [0, 0.1) is 5.82 Å². The fourth-order valence-electron chi connectivity index (χ4n) is 4.69. The third kappa shape index (κ3) is 2.95. The molecule has 0 aliphatic carbocycles. The van der Waals surface area contributed by atoms with Crippen molar-refractivity contribution in [3.8, 4) is 17.1 Å². The molecule has 33 heavy (non-hydrogen) atoms. The summed E-state index contributed by atoms with van der Waals surface area (Å²) in [6.45, 7) is 5.67. The Bertz CT molecular complexity index is 1400. The number of carbonyl (C=O) groups is 1. The number of methoxy groups -OCH3 is 1. The lowest BCUT2D eigenvalue weighted by molar-refractivity contribution is -0.172. The predicted molar refractivity (Wildman–Crippen MR) is 120 cm³/mol. The van der Waals surface area contributed by atoms with Crippen LogP contribution in [0.5, 0.6) is 5.75 Å². The van der Waals surface area contributed by atoms with Gasteiger partial charge in [0.25, 0.3) is 5.56 Å². The van der Waals surface area contributed by atoms with Crippen LogP contribution in [-0.4, -0.2) is 33.8 Å². The number of ether oxygens (including phenoxy) is 2. The monoisotopic (exact) mass is 453 g/mol. The normalized spacial score (nSPS) is 18.7. The SMILES string of the molecule is CC[C@@]1(O)C(=O)OCc2c1cc1n(c2=O)Cc2c-1nc1cc(F)c(OC)cc1c2NC(C)C. The number of anilines is 1. The molecule has 172 valence electrons. The van der Waals surface area contributed by atoms with E-state index in [1.54, 1.807) is 23.6 Å². The van der Waals surface area contributed by atoms with Gasteiger partial charge < -0.3 is 24.5 Å². The molecular weight excluding hydrogens is 429 g/mol. The summed E-state index contributed by atoms with van der Waals surface area (Å²) in [6.07, 6.45) is 0.0604. The Morgan fingerprint density at radius 3 is 2.73 bits per heavy atom. The van der Waals surface area contributed by atoms with E-state index >= 15 is 0 Å². The van der Waals surface area contributed by atoms with Gasteiger partial charge in [0.05, 0.1) is 41.8 Å². The van der Waals surface area contributed by atoms with E-state index in [2.05, 4.69) is 5.32 Å². The van der Waals surface area contributed by atoms with Gasteiger partial charge in [0.1, 0.15) is 6.61 Å². The van der Waals surface area contributed by atoms with Crippen LogP contribution in [0.1, 0.15) is 43.9 Å². The first-order chi connectivity index (χ1) is 15.7. The highest BCUT2D eigenvalue weighted by Gasteiger charge is 2.45. The number of aliphatic hydroxyl groups is 1. The van der Waals surface area contributed by atoms with E-state index in [1.165, 1.54) is 13.2 Å². The number of rotatable bonds is 4. The summed E-state index contributed by atoms with van der Waals surface area (Å²) in [5.41, 5.74) is 1.15. The fourth-order valence-corrected chi connectivity index (χ4v) is 4.69. The zero-order valence-electron chi connectivity index (χ0n) is 18.8. The Balaban J connectivity index is 1.83. The number of benzene rings is 1. The number of pyridine rings is 2. The van der Waals surface area contributed by atoms with Gasteiger partial charge in [-0.25, -0.2) is 14.2 Å². The Hall–Kier alpha value is -3.46. The molecule has 2 aliphatic heterocycles. The minimum Gasteiger partial charge on any atom is -0.494 e. The number of nitrogens with zero attached hydrogens (tertiary/aromatic N) is 2. The Morgan fingerprint density at radius 2 is 2.06 bits per heavy atom. The minimum atomic E-state index is -1.90. The topological polar surface area (TPSA) is 103 Å². The number of halogens is 1. The van der Waals surface area contributed by atoms with E-state index < -0.39 is 17.4 Å². The van der Waals surface area contributed by atoms with E-state index in [4.69, 9.17) is 14.5 Å². The van der Waals surface area contributed by atoms with E-state index in [-0.39, 0.29) is 48.0 Å². The number of carbonyl (C=O) groups excluding carboxylic acids is 1. The van der Waals surface area contributed by atoms with Crippen LogP contribution in [0.25, 0.3) is 22.3 Å². The maximum absolute atomic E-state index is 14.5. The molecule has 5 rings (SSSR count). The average Bonchev–Trinajstić information content (AvgIpc) is 3.15. The number of aromatic nitrogens is 2. The quantitative estimate of drug-likeness (QED) is 0.458. The van der Waals surface area contributed by atoms with Crippen molar-refractivity contribution in [1.29, 1.82) is 0 Å². The van der Waals surface area contributed by atoms with Gasteiger partial charge in [-0.3, -0.25) is 4.79 Å². The third-order valence-electron chi connectivity index (χ3n) is 6.39. The molecule has 2 aliphatic rings. The smallest absolute Gasteiger partial charge is 0.343 e. The van der Waals surface area contributed by atoms with Crippen LogP contribution in [0.3, 0.4) is 0 Å². The second kappa shape index (κ2) is 7.28. The summed E-state index contributed by atoms with van der Waals surface area (Å²) in [4.78, 5) is 30.4. The van der Waals surface area contributed by atoms with Crippen LogP contribution in [0.2, 0.25) is 0 Å². The summed E-state index contributed by atoms with van der Waals surface area (Å²) in [5, 5.41) is 15.1. The molecule has 1 atom stereocenters. The number of cyclic esters (lactones) is 1. The van der Waals surface area contributed by atoms with E-state index in [0.29, 0.717) is 22.3 Å². The molecule has 9 heteroatoms. The van der Waals surface area contributed by atoms with E-state index in [0.717, 1.165) is 11.3 Å². The molecule has 0 spiro atoms. The molecule has 3 aromatic rings. The van der Waals surface area contributed by atoms with Crippen LogP contribution >= 0.6 is 0 Å². The summed E-state index contributed by atoms with van der Waals surface area (Å²) < 4.78 is 26.4. The van der Waals surface area contributed by atoms with Crippen LogP contribution in [0.15, 0.2) is 23.0 Å². The summed E-state index contributed by atoms with van der Waals surface area (Å²) >= 11 is 0. The van der Waals surface area contributed by atoms with E-state index in [1.807, 2.05) is 13.8 Å². The Kier molecular flexibility index (Phi) is 4.72. The number of hydrogen-bond acceptors (Lipinski definition) is 7. The summed E-state index contributed by atoms with van der Waals surface area (Å²) in [5.74, 6) is -1.22. The number of nitrogens with one attached hydrogen (secondary N) is 1. The summed E-state index contributed by atoms with van der Waals surface area (Å²) in [7, 11) is 1.40. The highest BCUT2D eigenvalue weighted by atomic mass is 19.1. The Morgan fingerprint density at radius 1 is 1.30 bits per heavy atom. The molecule has 1 aromatic carbocycles. The molecule has 2 N–H and O–H groups in total. The third-order valence-corrected chi connectivity index (χ3v) is 6.39. The first kappa shape index (κ1) is 21.4. The zero-order valence-corrected chi connectivity index (χ0v) is 18.8. The molecule has 0 saturated carbocycles. The van der Waals surface area contributed by atoms with Crippen molar-refractivity contribution in [2.75, 3.05) is 12.4 Å². The molecule has 0 fully saturated rings. The molecule has 0 radical (unpaired) electrons. The van der Waals surface area contributed by atoms with Gasteiger partial charge in [0, 0.05) is 28.6 Å². The molecule has 4 heterocycles. The van der Waals surface area contributed by atoms with Gasteiger partial charge in [0.15, 0.2) is 17.2 Å². The fraction of sp³-hybridized carbons (Fsp3) is 0.375. The summed E-state index contributed by atoms with van der Waals surface area (Å²) in [6, 6.07) is 4.60. The van der Waals surface area contributed by atoms with Crippen molar-refractivity contribution in [3.05, 3.63) is 51.1 Å². The molecule has 0 unspecified atom stereocenters. The predicted octanol–water partition coefficient (Wildman–Crippen LogP) is 3.05. The van der Waals surface area contributed by atoms with Crippen LogP contribution in [0.4, 0.5) is 10.1 Å². The lowest BCUT2D eigenvalue weighted by Gasteiger charge is -2.31. The van der Waals surface area contributed by atoms with Gasteiger partial charge in [-0.15, -0.1) is 0 Å². The zero-order chi connectivity index (χ0) is 23.7. The van der Waals surface area contributed by atoms with Gasteiger partial charge >= 0.3 is 5.97 Å². The van der Waals surface area contributed by atoms with Crippen molar-refractivity contribution in [3.63, 3.8) is 0 Å². The first-order valence-electron chi connectivity index (χ1n) is 10.8. The van der Waals surface area contributed by atoms with Crippen molar-refractivity contribution in [2.45, 2.75) is 52.0 Å².